The molecule has 0 radical (unpaired) electrons. The summed E-state index contributed by atoms with van der Waals surface area (Å²) >= 11 is 0. The number of para-hydroxylation sites is 1. The van der Waals surface area contributed by atoms with Crippen molar-refractivity contribution >= 4 is 22.0 Å². The van der Waals surface area contributed by atoms with Gasteiger partial charge in [-0.15, -0.1) is 0 Å². The summed E-state index contributed by atoms with van der Waals surface area (Å²) in [5.74, 6) is -1.28. The summed E-state index contributed by atoms with van der Waals surface area (Å²) in [6, 6.07) is 10.1. The zero-order valence-corrected chi connectivity index (χ0v) is 24.5. The van der Waals surface area contributed by atoms with Crippen molar-refractivity contribution in [3.8, 4) is 5.69 Å². The van der Waals surface area contributed by atoms with Gasteiger partial charge in [0.25, 0.3) is 10.1 Å². The van der Waals surface area contributed by atoms with Crippen LogP contribution in [0.3, 0.4) is 0 Å². The van der Waals surface area contributed by atoms with E-state index in [9.17, 15) is 23.4 Å². The van der Waals surface area contributed by atoms with Gasteiger partial charge in [0.2, 0.25) is 0 Å². The van der Waals surface area contributed by atoms with Gasteiger partial charge in [-0.3, -0.25) is 8.98 Å². The number of aliphatic hydroxyl groups excluding tert-OH is 1. The zero-order valence-electron chi connectivity index (χ0n) is 23.7. The number of allylic oxidation sites excluding steroid dienone is 3. The summed E-state index contributed by atoms with van der Waals surface area (Å²) in [6.45, 7) is 7.37. The van der Waals surface area contributed by atoms with Crippen molar-refractivity contribution in [2.75, 3.05) is 12.9 Å². The Morgan fingerprint density at radius 3 is 2.60 bits per heavy atom. The fourth-order valence-corrected chi connectivity index (χ4v) is 9.36. The molecule has 0 amide bonds. The van der Waals surface area contributed by atoms with Crippen molar-refractivity contribution in [3.05, 3.63) is 65.0 Å². The molecule has 0 spiro atoms. The van der Waals surface area contributed by atoms with Crippen molar-refractivity contribution in [1.82, 2.24) is 9.78 Å². The maximum Gasteiger partial charge on any atom is 0.264 e. The van der Waals surface area contributed by atoms with E-state index < -0.39 is 45.5 Å². The van der Waals surface area contributed by atoms with Gasteiger partial charge in [0.1, 0.15) is 12.2 Å². The molecule has 0 bridgehead atoms. The minimum Gasteiger partial charge on any atom is -0.393 e. The summed E-state index contributed by atoms with van der Waals surface area (Å²) in [6.07, 6.45) is 8.10. The maximum absolute atomic E-state index is 13.4. The molecule has 2 aromatic rings. The number of hydrogen-bond donors (Lipinski definition) is 2. The smallest absolute Gasteiger partial charge is 0.264 e. The molecule has 6 rings (SSSR count). The first-order chi connectivity index (χ1) is 18.7. The first-order valence-electron chi connectivity index (χ1n) is 14.0. The van der Waals surface area contributed by atoms with Crippen LogP contribution in [0.25, 0.3) is 11.8 Å². The quantitative estimate of drug-likeness (QED) is 0.530. The van der Waals surface area contributed by atoms with Crippen molar-refractivity contribution in [2.24, 2.45) is 34.5 Å². The van der Waals surface area contributed by atoms with Gasteiger partial charge >= 0.3 is 0 Å². The Kier molecular flexibility index (Phi) is 6.17. The second kappa shape index (κ2) is 8.95. The first-order valence-corrected chi connectivity index (χ1v) is 15.8. The Bertz CT molecular complexity index is 1540. The molecule has 4 aliphatic carbocycles. The molecule has 9 heteroatoms. The van der Waals surface area contributed by atoms with Gasteiger partial charge in [-0.25, -0.2) is 4.68 Å². The fraction of sp³-hybridized carbons (Fsp3) is 0.548. The zero-order chi connectivity index (χ0) is 28.8. The van der Waals surface area contributed by atoms with Gasteiger partial charge in [-0.05, 0) is 73.3 Å². The highest BCUT2D eigenvalue weighted by Crippen LogP contribution is 2.68. The molecule has 214 valence electrons. The predicted molar refractivity (Wildman–Crippen MR) is 151 cm³/mol. The predicted octanol–water partition coefficient (Wildman–Crippen LogP) is 3.71. The number of carbonyl (C=O) groups excluding carboxylic acids is 1. The lowest BCUT2D eigenvalue weighted by Gasteiger charge is -2.59. The number of fused-ring (bicyclic) bond motifs is 6. The van der Waals surface area contributed by atoms with Crippen molar-refractivity contribution in [2.45, 2.75) is 58.7 Å². The average Bonchev–Trinajstić information content (AvgIpc) is 3.37. The Hall–Kier alpha value is -2.59. The van der Waals surface area contributed by atoms with Gasteiger partial charge in [-0.1, -0.05) is 50.6 Å². The van der Waals surface area contributed by atoms with Crippen LogP contribution in [0.5, 0.6) is 0 Å². The van der Waals surface area contributed by atoms with Gasteiger partial charge < -0.3 is 10.2 Å². The van der Waals surface area contributed by atoms with E-state index >= 15 is 0 Å². The van der Waals surface area contributed by atoms with Crippen LogP contribution in [0.4, 0.5) is 0 Å². The van der Waals surface area contributed by atoms with Crippen LogP contribution in [0.15, 0.2) is 53.8 Å². The number of nitrogens with zero attached hydrogens (tertiary/aromatic N) is 2. The van der Waals surface area contributed by atoms with E-state index in [1.165, 1.54) is 5.57 Å². The van der Waals surface area contributed by atoms with Gasteiger partial charge in [0.05, 0.1) is 29.9 Å². The lowest BCUT2D eigenvalue weighted by atomic mass is 9.46. The van der Waals surface area contributed by atoms with E-state index in [-0.39, 0.29) is 29.6 Å². The number of ketones is 1. The third kappa shape index (κ3) is 3.77. The van der Waals surface area contributed by atoms with Crippen molar-refractivity contribution < 1.29 is 27.6 Å². The van der Waals surface area contributed by atoms with E-state index in [0.29, 0.717) is 6.42 Å². The molecule has 8 nitrogen and oxygen atoms in total. The Morgan fingerprint density at radius 2 is 1.93 bits per heavy atom. The Morgan fingerprint density at radius 1 is 1.23 bits per heavy atom. The number of rotatable bonds is 5. The molecule has 8 atom stereocenters. The van der Waals surface area contributed by atoms with Crippen LogP contribution >= 0.6 is 0 Å². The summed E-state index contributed by atoms with van der Waals surface area (Å²) in [5.41, 5.74) is 2.43. The molecule has 0 unspecified atom stereocenters. The second-order valence-corrected chi connectivity index (χ2v) is 14.6. The lowest BCUT2D eigenvalue weighted by Crippen LogP contribution is -2.62. The minimum atomic E-state index is -3.85. The normalized spacial score (nSPS) is 38.4. The van der Waals surface area contributed by atoms with E-state index in [4.69, 9.17) is 9.28 Å². The molecule has 2 N–H and O–H groups in total. The van der Waals surface area contributed by atoms with Crippen molar-refractivity contribution in [1.29, 1.82) is 0 Å². The molecule has 1 aromatic carbocycles. The third-order valence-electron chi connectivity index (χ3n) is 10.7. The number of carbonyl (C=O) groups is 1. The number of Topliss-reactive ketones (excluding diaryl/α,β-unsaturated/α-hetero) is 1. The number of benzene rings is 1. The SMILES string of the molecule is CC1=C[C@@H]2[C@H]([C@@H](O)C[C@@]3(C)[C@H]2C[C@@H](C)[C@]3(O)C(=O)COS(C)(=O)=O)[C@@]2(C)Cc3cnn(-c4ccccc4)c3C=C12. The molecule has 2 saturated carbocycles. The minimum absolute atomic E-state index is 0.0540. The molecule has 2 fully saturated rings. The molecule has 4 aliphatic rings. The topological polar surface area (TPSA) is 119 Å². The lowest BCUT2D eigenvalue weighted by molar-refractivity contribution is -0.179. The third-order valence-corrected chi connectivity index (χ3v) is 11.3. The number of aliphatic hydroxyl groups is 2. The van der Waals surface area contributed by atoms with E-state index in [2.05, 4.69) is 26.0 Å². The van der Waals surface area contributed by atoms with Crippen LogP contribution in [0, 0.1) is 34.5 Å². The van der Waals surface area contributed by atoms with E-state index in [1.807, 2.05) is 55.1 Å². The van der Waals surface area contributed by atoms with Gasteiger partial charge in [0.15, 0.2) is 5.78 Å². The fourth-order valence-electron chi connectivity index (χ4n) is 9.04. The molecular formula is C31H38N2O6S. The largest absolute Gasteiger partial charge is 0.393 e. The highest BCUT2D eigenvalue weighted by Gasteiger charge is 2.70. The maximum atomic E-state index is 13.4. The molecule has 1 heterocycles. The van der Waals surface area contributed by atoms with Crippen molar-refractivity contribution in [3.63, 3.8) is 0 Å². The summed E-state index contributed by atoms with van der Waals surface area (Å²) in [4.78, 5) is 13.4. The van der Waals surface area contributed by atoms with E-state index in [1.54, 1.807) is 0 Å². The molecule has 40 heavy (non-hydrogen) atoms. The summed E-state index contributed by atoms with van der Waals surface area (Å²) in [7, 11) is -3.85. The summed E-state index contributed by atoms with van der Waals surface area (Å²) < 4.78 is 30.0. The highest BCUT2D eigenvalue weighted by atomic mass is 32.2. The van der Waals surface area contributed by atoms with E-state index in [0.717, 1.165) is 35.2 Å². The molecular weight excluding hydrogens is 528 g/mol. The number of hydrogen-bond acceptors (Lipinski definition) is 7. The molecule has 0 saturated heterocycles. The average molecular weight is 567 g/mol. The number of aromatic nitrogens is 2. The van der Waals surface area contributed by atoms with Crippen LogP contribution in [0.1, 0.15) is 51.8 Å². The summed E-state index contributed by atoms with van der Waals surface area (Å²) in [5, 5.41) is 28.6. The van der Waals surface area contributed by atoms with Gasteiger partial charge in [0, 0.05) is 16.7 Å². The monoisotopic (exact) mass is 566 g/mol. The molecule has 0 aliphatic heterocycles. The van der Waals surface area contributed by atoms with Crippen LogP contribution in [0.2, 0.25) is 0 Å². The first kappa shape index (κ1) is 27.6. The second-order valence-electron chi connectivity index (χ2n) is 13.0. The standard InChI is InChI=1S/C31H38N2O6S/c1-18-11-22-24-12-19(2)31(36,27(35)17-39-40(5,37)38)30(24,4)15-26(34)28(22)29(3)14-20-16-32-33(25(20)13-23(18)29)21-9-7-6-8-10-21/h6-11,13,16,19,22,24,26,28,34,36H,12,14-15,17H2,1-5H3/t19-,22+,24+,26+,28-,29+,30+,31+/m1/s1. The van der Waals surface area contributed by atoms with Crippen LogP contribution in [-0.4, -0.2) is 58.8 Å². The van der Waals surface area contributed by atoms with Gasteiger partial charge in [-0.2, -0.15) is 13.5 Å². The Balaban J connectivity index is 1.40. The Labute approximate surface area is 235 Å². The molecule has 1 aromatic heterocycles. The highest BCUT2D eigenvalue weighted by molar-refractivity contribution is 7.86. The van der Waals surface area contributed by atoms with Crippen LogP contribution in [-0.2, 0) is 25.5 Å². The van der Waals surface area contributed by atoms with Crippen LogP contribution < -0.4 is 0 Å².